The number of hydrogen-bond donors (Lipinski definition) is 1. The van der Waals surface area contributed by atoms with Crippen LogP contribution in [0.5, 0.6) is 0 Å². The average molecular weight is 242 g/mol. The quantitative estimate of drug-likeness (QED) is 0.423. The molecule has 0 saturated carbocycles. The molecule has 17 heavy (non-hydrogen) atoms. The minimum atomic E-state index is -0.411. The molecule has 0 unspecified atom stereocenters. The molecule has 0 radical (unpaired) electrons. The summed E-state index contributed by atoms with van der Waals surface area (Å²) in [6.07, 6.45) is 12.8. The van der Waals surface area contributed by atoms with Crippen molar-refractivity contribution in [1.29, 1.82) is 0 Å². The molecule has 0 aromatic heterocycles. The lowest BCUT2D eigenvalue weighted by Gasteiger charge is -2.02. The smallest absolute Gasteiger partial charge is 0.183 e. The van der Waals surface area contributed by atoms with E-state index in [1.165, 1.54) is 32.1 Å². The van der Waals surface area contributed by atoms with E-state index in [1.54, 1.807) is 0 Å². The molecule has 0 fully saturated rings. The molecule has 3 heteroatoms. The van der Waals surface area contributed by atoms with Crippen molar-refractivity contribution in [2.24, 2.45) is 0 Å². The summed E-state index contributed by atoms with van der Waals surface area (Å²) in [5, 5.41) is 8.46. The second-order valence-electron chi connectivity index (χ2n) is 4.23. The van der Waals surface area contributed by atoms with Crippen molar-refractivity contribution in [3.63, 3.8) is 0 Å². The number of unbranched alkanes of at least 4 members (excludes halogenated alkanes) is 6. The van der Waals surface area contributed by atoms with E-state index in [9.17, 15) is 4.79 Å². The third-order valence-electron chi connectivity index (χ3n) is 2.58. The summed E-state index contributed by atoms with van der Waals surface area (Å²) >= 11 is 0. The summed E-state index contributed by atoms with van der Waals surface area (Å²) < 4.78 is 5.13. The highest BCUT2D eigenvalue weighted by molar-refractivity contribution is 5.80. The lowest BCUT2D eigenvalue weighted by atomic mass is 10.1. The number of ether oxygens (including phenoxy) is 1. The first-order chi connectivity index (χ1) is 8.31. The lowest BCUT2D eigenvalue weighted by molar-refractivity contribution is -0.126. The predicted molar refractivity (Wildman–Crippen MR) is 70.0 cm³/mol. The van der Waals surface area contributed by atoms with Gasteiger partial charge in [-0.2, -0.15) is 0 Å². The molecule has 0 amide bonds. The molecule has 0 rings (SSSR count). The van der Waals surface area contributed by atoms with E-state index in [1.807, 2.05) is 0 Å². The summed E-state index contributed by atoms with van der Waals surface area (Å²) in [5.41, 5.74) is 0. The van der Waals surface area contributed by atoms with Gasteiger partial charge in [0.1, 0.15) is 13.2 Å². The minimum absolute atomic E-state index is 0.0554. The molecule has 0 aliphatic heterocycles. The monoisotopic (exact) mass is 242 g/mol. The predicted octanol–water partition coefficient (Wildman–Crippen LogP) is 2.87. The SMILES string of the molecule is CC=CCCCCCCCCOCC(=O)CO. The zero-order valence-electron chi connectivity index (χ0n) is 11.0. The van der Waals surface area contributed by atoms with Gasteiger partial charge in [0.2, 0.25) is 0 Å². The van der Waals surface area contributed by atoms with Gasteiger partial charge in [-0.15, -0.1) is 0 Å². The second-order valence-corrected chi connectivity index (χ2v) is 4.23. The summed E-state index contributed by atoms with van der Waals surface area (Å²) in [6, 6.07) is 0. The van der Waals surface area contributed by atoms with Crippen LogP contribution in [0, 0.1) is 0 Å². The van der Waals surface area contributed by atoms with Crippen LogP contribution in [0.25, 0.3) is 0 Å². The molecular formula is C14H26O3. The normalized spacial score (nSPS) is 11.2. The standard InChI is InChI=1S/C14H26O3/c1-2-3-4-5-6-7-8-9-10-11-17-13-14(16)12-15/h2-3,15H,4-13H2,1H3. The Morgan fingerprint density at radius 2 is 1.76 bits per heavy atom. The van der Waals surface area contributed by atoms with Gasteiger partial charge in [-0.25, -0.2) is 0 Å². The fourth-order valence-corrected chi connectivity index (χ4v) is 1.57. The van der Waals surface area contributed by atoms with E-state index in [2.05, 4.69) is 19.1 Å². The van der Waals surface area contributed by atoms with Gasteiger partial charge in [0.05, 0.1) is 0 Å². The van der Waals surface area contributed by atoms with E-state index in [4.69, 9.17) is 9.84 Å². The number of aliphatic hydroxyl groups excluding tert-OH is 1. The molecule has 0 spiro atoms. The Bertz CT molecular complexity index is 200. The molecule has 0 aliphatic rings. The third kappa shape index (κ3) is 13.3. The second kappa shape index (κ2) is 13.4. The molecule has 0 aromatic rings. The van der Waals surface area contributed by atoms with Gasteiger partial charge in [-0.3, -0.25) is 4.79 Å². The number of allylic oxidation sites excluding steroid dienone is 2. The van der Waals surface area contributed by atoms with Crippen LogP contribution in [0.3, 0.4) is 0 Å². The number of carbonyl (C=O) groups excluding carboxylic acids is 1. The molecule has 3 nitrogen and oxygen atoms in total. The Balaban J connectivity index is 3.01. The van der Waals surface area contributed by atoms with Crippen LogP contribution in [-0.4, -0.2) is 30.7 Å². The summed E-state index contributed by atoms with van der Waals surface area (Å²) in [7, 11) is 0. The molecule has 0 aromatic carbocycles. The number of hydrogen-bond acceptors (Lipinski definition) is 3. The Hall–Kier alpha value is -0.670. The summed E-state index contributed by atoms with van der Waals surface area (Å²) in [4.78, 5) is 10.7. The van der Waals surface area contributed by atoms with Crippen LogP contribution in [0.4, 0.5) is 0 Å². The minimum Gasteiger partial charge on any atom is -0.388 e. The Morgan fingerprint density at radius 3 is 2.41 bits per heavy atom. The molecule has 0 aliphatic carbocycles. The highest BCUT2D eigenvalue weighted by Gasteiger charge is 1.98. The van der Waals surface area contributed by atoms with E-state index >= 15 is 0 Å². The van der Waals surface area contributed by atoms with Gasteiger partial charge in [-0.05, 0) is 26.2 Å². The maximum atomic E-state index is 10.7. The first-order valence-corrected chi connectivity index (χ1v) is 6.62. The van der Waals surface area contributed by atoms with Crippen molar-refractivity contribution in [3.8, 4) is 0 Å². The number of Topliss-reactive ketones (excluding diaryl/α,β-unsaturated/α-hetero) is 1. The van der Waals surface area contributed by atoms with Crippen LogP contribution in [0.15, 0.2) is 12.2 Å². The molecule has 0 saturated heterocycles. The highest BCUT2D eigenvalue weighted by Crippen LogP contribution is 2.07. The zero-order valence-corrected chi connectivity index (χ0v) is 11.0. The van der Waals surface area contributed by atoms with Crippen molar-refractivity contribution in [2.75, 3.05) is 19.8 Å². The zero-order chi connectivity index (χ0) is 12.8. The fraction of sp³-hybridized carbons (Fsp3) is 0.786. The average Bonchev–Trinajstić information content (AvgIpc) is 2.35. The lowest BCUT2D eigenvalue weighted by Crippen LogP contribution is -2.12. The van der Waals surface area contributed by atoms with Crippen LogP contribution in [0.2, 0.25) is 0 Å². The van der Waals surface area contributed by atoms with Gasteiger partial charge in [0.15, 0.2) is 5.78 Å². The van der Waals surface area contributed by atoms with Crippen LogP contribution in [-0.2, 0) is 9.53 Å². The largest absolute Gasteiger partial charge is 0.388 e. The third-order valence-corrected chi connectivity index (χ3v) is 2.58. The summed E-state index contributed by atoms with van der Waals surface area (Å²) in [5.74, 6) is -0.242. The Morgan fingerprint density at radius 1 is 1.12 bits per heavy atom. The Kier molecular flexibility index (Phi) is 12.9. The van der Waals surface area contributed by atoms with Crippen molar-refractivity contribution in [3.05, 3.63) is 12.2 Å². The van der Waals surface area contributed by atoms with Gasteiger partial charge in [0, 0.05) is 6.61 Å². The van der Waals surface area contributed by atoms with E-state index in [0.717, 1.165) is 12.8 Å². The highest BCUT2D eigenvalue weighted by atomic mass is 16.5. The van der Waals surface area contributed by atoms with E-state index < -0.39 is 6.61 Å². The molecule has 0 bridgehead atoms. The first kappa shape index (κ1) is 16.3. The maximum Gasteiger partial charge on any atom is 0.183 e. The van der Waals surface area contributed by atoms with E-state index in [-0.39, 0.29) is 12.4 Å². The first-order valence-electron chi connectivity index (χ1n) is 6.62. The van der Waals surface area contributed by atoms with Gasteiger partial charge < -0.3 is 9.84 Å². The van der Waals surface area contributed by atoms with Crippen LogP contribution >= 0.6 is 0 Å². The number of ketones is 1. The fourth-order valence-electron chi connectivity index (χ4n) is 1.57. The molecule has 1 N–H and O–H groups in total. The molecule has 0 heterocycles. The van der Waals surface area contributed by atoms with E-state index in [0.29, 0.717) is 6.61 Å². The number of rotatable bonds is 12. The number of aliphatic hydroxyl groups is 1. The van der Waals surface area contributed by atoms with Crippen molar-refractivity contribution in [2.45, 2.75) is 51.9 Å². The van der Waals surface area contributed by atoms with Gasteiger partial charge in [-0.1, -0.05) is 37.8 Å². The van der Waals surface area contributed by atoms with Gasteiger partial charge in [0.25, 0.3) is 0 Å². The molecule has 100 valence electrons. The van der Waals surface area contributed by atoms with Crippen molar-refractivity contribution < 1.29 is 14.6 Å². The topological polar surface area (TPSA) is 46.5 Å². The molecular weight excluding hydrogens is 216 g/mol. The van der Waals surface area contributed by atoms with Crippen LogP contribution < -0.4 is 0 Å². The van der Waals surface area contributed by atoms with Gasteiger partial charge >= 0.3 is 0 Å². The van der Waals surface area contributed by atoms with Crippen molar-refractivity contribution >= 4 is 5.78 Å². The summed E-state index contributed by atoms with van der Waals surface area (Å²) in [6.45, 7) is 2.33. The van der Waals surface area contributed by atoms with Crippen LogP contribution in [0.1, 0.15) is 51.9 Å². The van der Waals surface area contributed by atoms with Crippen molar-refractivity contribution in [1.82, 2.24) is 0 Å². The maximum absolute atomic E-state index is 10.7. The number of carbonyl (C=O) groups is 1. The molecule has 0 atom stereocenters. The Labute approximate surface area is 105 Å².